The summed E-state index contributed by atoms with van der Waals surface area (Å²) in [6.07, 6.45) is 3.48. The molecule has 7 heteroatoms. The van der Waals surface area contributed by atoms with E-state index in [9.17, 15) is 13.2 Å². The smallest absolute Gasteiger partial charge is 0.224 e. The van der Waals surface area contributed by atoms with Gasteiger partial charge in [-0.3, -0.25) is 4.79 Å². The Morgan fingerprint density at radius 3 is 2.64 bits per heavy atom. The number of carbonyl (C=O) groups is 1. The van der Waals surface area contributed by atoms with E-state index in [0.717, 1.165) is 35.3 Å². The molecule has 0 spiro atoms. The maximum absolute atomic E-state index is 13.1. The first-order chi connectivity index (χ1) is 15.8. The molecular formula is C26H36N2O4S. The third-order valence-corrected chi connectivity index (χ3v) is 8.33. The van der Waals surface area contributed by atoms with Crippen molar-refractivity contribution in [1.82, 2.24) is 9.62 Å². The standard InChI is InChI=1S/C26H36N2O4S/c1-4-24(22-14-15-25(32-3)20(2)18-22)27-26(29)23-13-8-16-28(19-23)33(30,31)17-9-12-21-10-6-5-7-11-21/h5-7,10-11,14-15,18,23-24H,4,8-9,12-13,16-17,19H2,1-3H3,(H,27,29)/t23-,24-/m1/s1. The Morgan fingerprint density at radius 2 is 1.97 bits per heavy atom. The van der Waals surface area contributed by atoms with Crippen molar-refractivity contribution in [3.05, 3.63) is 65.2 Å². The normalized spacial score (nSPS) is 18.0. The first kappa shape index (κ1) is 25.2. The lowest BCUT2D eigenvalue weighted by Gasteiger charge is -2.32. The van der Waals surface area contributed by atoms with Crippen molar-refractivity contribution in [1.29, 1.82) is 0 Å². The number of hydrogen-bond donors (Lipinski definition) is 1. The van der Waals surface area contributed by atoms with Crippen molar-refractivity contribution in [2.75, 3.05) is 26.0 Å². The molecule has 1 N–H and O–H groups in total. The number of nitrogens with zero attached hydrogens (tertiary/aromatic N) is 1. The van der Waals surface area contributed by atoms with Crippen molar-refractivity contribution in [2.24, 2.45) is 5.92 Å². The number of rotatable bonds is 10. The first-order valence-corrected chi connectivity index (χ1v) is 13.4. The van der Waals surface area contributed by atoms with E-state index in [0.29, 0.717) is 25.8 Å². The van der Waals surface area contributed by atoms with Gasteiger partial charge in [-0.2, -0.15) is 0 Å². The molecule has 2 atom stereocenters. The molecule has 0 unspecified atom stereocenters. The molecule has 2 aromatic rings. The Balaban J connectivity index is 1.58. The van der Waals surface area contributed by atoms with Gasteiger partial charge in [0, 0.05) is 13.1 Å². The van der Waals surface area contributed by atoms with Gasteiger partial charge in [0.25, 0.3) is 0 Å². The fourth-order valence-electron chi connectivity index (χ4n) is 4.47. The summed E-state index contributed by atoms with van der Waals surface area (Å²) in [5.74, 6) is 0.537. The summed E-state index contributed by atoms with van der Waals surface area (Å²) in [6, 6.07) is 15.7. The minimum absolute atomic E-state index is 0.0699. The van der Waals surface area contributed by atoms with Crippen LogP contribution in [0.5, 0.6) is 5.75 Å². The number of benzene rings is 2. The van der Waals surface area contributed by atoms with E-state index in [1.807, 2.05) is 62.4 Å². The highest BCUT2D eigenvalue weighted by atomic mass is 32.2. The summed E-state index contributed by atoms with van der Waals surface area (Å²) in [5, 5.41) is 3.15. The lowest BCUT2D eigenvalue weighted by atomic mass is 9.96. The molecule has 1 aliphatic heterocycles. The van der Waals surface area contributed by atoms with Crippen LogP contribution in [-0.2, 0) is 21.2 Å². The van der Waals surface area contributed by atoms with Crippen LogP contribution in [0.15, 0.2) is 48.5 Å². The molecule has 0 saturated carbocycles. The molecule has 6 nitrogen and oxygen atoms in total. The number of ether oxygens (including phenoxy) is 1. The van der Waals surface area contributed by atoms with E-state index in [1.54, 1.807) is 7.11 Å². The monoisotopic (exact) mass is 472 g/mol. The minimum Gasteiger partial charge on any atom is -0.496 e. The molecule has 0 aliphatic carbocycles. The molecule has 1 amide bonds. The summed E-state index contributed by atoms with van der Waals surface area (Å²) in [5.41, 5.74) is 3.20. The van der Waals surface area contributed by atoms with Crippen LogP contribution in [0, 0.1) is 12.8 Å². The zero-order valence-corrected chi connectivity index (χ0v) is 20.7. The second-order valence-electron chi connectivity index (χ2n) is 8.80. The summed E-state index contributed by atoms with van der Waals surface area (Å²) < 4.78 is 32.7. The highest BCUT2D eigenvalue weighted by Gasteiger charge is 2.32. The van der Waals surface area contributed by atoms with Crippen molar-refractivity contribution in [2.45, 2.75) is 52.0 Å². The molecule has 1 saturated heterocycles. The molecule has 2 aromatic carbocycles. The van der Waals surface area contributed by atoms with Crippen molar-refractivity contribution >= 4 is 15.9 Å². The van der Waals surface area contributed by atoms with Crippen LogP contribution in [0.25, 0.3) is 0 Å². The second-order valence-corrected chi connectivity index (χ2v) is 10.9. The van der Waals surface area contributed by atoms with E-state index in [2.05, 4.69) is 5.32 Å². The first-order valence-electron chi connectivity index (χ1n) is 11.8. The third-order valence-electron chi connectivity index (χ3n) is 6.40. The van der Waals surface area contributed by atoms with Gasteiger partial charge >= 0.3 is 0 Å². The number of nitrogens with one attached hydrogen (secondary N) is 1. The van der Waals surface area contributed by atoms with Gasteiger partial charge in [0.1, 0.15) is 5.75 Å². The molecule has 0 bridgehead atoms. The number of methoxy groups -OCH3 is 1. The molecular weight excluding hydrogens is 436 g/mol. The maximum Gasteiger partial charge on any atom is 0.224 e. The zero-order valence-electron chi connectivity index (χ0n) is 19.9. The zero-order chi connectivity index (χ0) is 23.8. The van der Waals surface area contributed by atoms with Crippen molar-refractivity contribution in [3.8, 4) is 5.75 Å². The van der Waals surface area contributed by atoms with E-state index < -0.39 is 10.0 Å². The average Bonchev–Trinajstić information content (AvgIpc) is 2.83. The molecule has 1 fully saturated rings. The van der Waals surface area contributed by atoms with Gasteiger partial charge < -0.3 is 10.1 Å². The lowest BCUT2D eigenvalue weighted by Crippen LogP contribution is -2.46. The number of piperidine rings is 1. The SMILES string of the molecule is CC[C@@H](NC(=O)[C@@H]1CCCN(S(=O)(=O)CCCc2ccccc2)C1)c1ccc(OC)c(C)c1. The number of aryl methyl sites for hydroxylation is 2. The Morgan fingerprint density at radius 1 is 1.21 bits per heavy atom. The summed E-state index contributed by atoms with van der Waals surface area (Å²) in [6.45, 7) is 4.78. The summed E-state index contributed by atoms with van der Waals surface area (Å²) in [4.78, 5) is 13.1. The van der Waals surface area contributed by atoms with Gasteiger partial charge in [-0.05, 0) is 61.8 Å². The molecule has 1 aliphatic rings. The van der Waals surface area contributed by atoms with Gasteiger partial charge in [-0.25, -0.2) is 12.7 Å². The van der Waals surface area contributed by atoms with Crippen LogP contribution in [0.1, 0.15) is 55.3 Å². The molecule has 0 radical (unpaired) electrons. The molecule has 1 heterocycles. The predicted octanol–water partition coefficient (Wildman–Crippen LogP) is 4.25. The van der Waals surface area contributed by atoms with Crippen LogP contribution in [-0.4, -0.2) is 44.6 Å². The Bertz CT molecular complexity index is 1020. The third kappa shape index (κ3) is 6.81. The Hall–Kier alpha value is -2.38. The fraction of sp³-hybridized carbons (Fsp3) is 0.500. The topological polar surface area (TPSA) is 75.7 Å². The van der Waals surface area contributed by atoms with Gasteiger partial charge in [0.15, 0.2) is 0 Å². The number of carbonyl (C=O) groups excluding carboxylic acids is 1. The fourth-order valence-corrected chi connectivity index (χ4v) is 6.05. The predicted molar refractivity (Wildman–Crippen MR) is 132 cm³/mol. The van der Waals surface area contributed by atoms with E-state index in [-0.39, 0.29) is 30.2 Å². The van der Waals surface area contributed by atoms with Gasteiger partial charge in [-0.15, -0.1) is 0 Å². The maximum atomic E-state index is 13.1. The summed E-state index contributed by atoms with van der Waals surface area (Å²) >= 11 is 0. The van der Waals surface area contributed by atoms with Crippen LogP contribution < -0.4 is 10.1 Å². The number of hydrogen-bond acceptors (Lipinski definition) is 4. The Labute approximate surface area is 198 Å². The second kappa shape index (κ2) is 11.7. The quantitative estimate of drug-likeness (QED) is 0.561. The highest BCUT2D eigenvalue weighted by Crippen LogP contribution is 2.26. The van der Waals surface area contributed by atoms with Crippen molar-refractivity contribution < 1.29 is 17.9 Å². The Kier molecular flexibility index (Phi) is 8.92. The number of sulfonamides is 1. The lowest BCUT2D eigenvalue weighted by molar-refractivity contribution is -0.126. The molecule has 3 rings (SSSR count). The molecule has 33 heavy (non-hydrogen) atoms. The van der Waals surface area contributed by atoms with Crippen LogP contribution in [0.2, 0.25) is 0 Å². The van der Waals surface area contributed by atoms with Gasteiger partial charge in [0.05, 0.1) is 24.8 Å². The van der Waals surface area contributed by atoms with E-state index >= 15 is 0 Å². The van der Waals surface area contributed by atoms with Crippen LogP contribution in [0.4, 0.5) is 0 Å². The van der Waals surface area contributed by atoms with Crippen LogP contribution in [0.3, 0.4) is 0 Å². The van der Waals surface area contributed by atoms with Gasteiger partial charge in [-0.1, -0.05) is 49.4 Å². The van der Waals surface area contributed by atoms with Crippen molar-refractivity contribution in [3.63, 3.8) is 0 Å². The minimum atomic E-state index is -3.38. The average molecular weight is 473 g/mol. The molecule has 0 aromatic heterocycles. The largest absolute Gasteiger partial charge is 0.496 e. The van der Waals surface area contributed by atoms with E-state index in [1.165, 1.54) is 4.31 Å². The number of amides is 1. The molecule has 180 valence electrons. The summed E-state index contributed by atoms with van der Waals surface area (Å²) in [7, 11) is -1.74. The highest BCUT2D eigenvalue weighted by molar-refractivity contribution is 7.89. The van der Waals surface area contributed by atoms with Crippen LogP contribution >= 0.6 is 0 Å². The van der Waals surface area contributed by atoms with E-state index in [4.69, 9.17) is 4.74 Å². The van der Waals surface area contributed by atoms with Gasteiger partial charge in [0.2, 0.25) is 15.9 Å².